The minimum absolute atomic E-state index is 0.107. The van der Waals surface area contributed by atoms with Crippen LogP contribution in [0.5, 0.6) is 0 Å². The van der Waals surface area contributed by atoms with Gasteiger partial charge in [0.2, 0.25) is 5.89 Å². The lowest BCUT2D eigenvalue weighted by atomic mass is 10.0. The Morgan fingerprint density at radius 3 is 2.38 bits per heavy atom. The van der Waals surface area contributed by atoms with Gasteiger partial charge in [0.15, 0.2) is 5.76 Å². The van der Waals surface area contributed by atoms with Crippen LogP contribution in [0.4, 0.5) is 4.39 Å². The fourth-order valence-electron chi connectivity index (χ4n) is 4.07. The van der Waals surface area contributed by atoms with Gasteiger partial charge in [-0.2, -0.15) is 5.26 Å². The third-order valence-electron chi connectivity index (χ3n) is 5.79. The number of amides is 1. The number of nitrogens with zero attached hydrogens (tertiary/aromatic N) is 4. The monoisotopic (exact) mass is 432 g/mol. The second kappa shape index (κ2) is 9.33. The Morgan fingerprint density at radius 1 is 1.06 bits per heavy atom. The first-order valence-corrected chi connectivity index (χ1v) is 10.7. The molecule has 2 heterocycles. The van der Waals surface area contributed by atoms with Gasteiger partial charge in [-0.05, 0) is 30.2 Å². The van der Waals surface area contributed by atoms with Gasteiger partial charge in [0.1, 0.15) is 11.9 Å². The van der Waals surface area contributed by atoms with Gasteiger partial charge in [-0.25, -0.2) is 9.37 Å². The van der Waals surface area contributed by atoms with Crippen LogP contribution < -0.4 is 0 Å². The Hall–Kier alpha value is -3.50. The van der Waals surface area contributed by atoms with E-state index in [4.69, 9.17) is 4.42 Å². The molecular formula is C25H25FN4O2. The second-order valence-corrected chi connectivity index (χ2v) is 8.20. The maximum atomic E-state index is 14.1. The summed E-state index contributed by atoms with van der Waals surface area (Å²) in [5.74, 6) is 0.315. The number of oxazole rings is 1. The van der Waals surface area contributed by atoms with E-state index in [2.05, 4.69) is 16.0 Å². The molecule has 164 valence electrons. The predicted molar refractivity (Wildman–Crippen MR) is 119 cm³/mol. The van der Waals surface area contributed by atoms with Gasteiger partial charge in [0, 0.05) is 31.7 Å². The number of nitriles is 1. The maximum Gasteiger partial charge on any atom is 0.254 e. The van der Waals surface area contributed by atoms with Crippen LogP contribution in [0.2, 0.25) is 0 Å². The molecule has 0 aliphatic carbocycles. The molecule has 1 aromatic heterocycles. The molecule has 0 radical (unpaired) electrons. The second-order valence-electron chi connectivity index (χ2n) is 8.20. The van der Waals surface area contributed by atoms with E-state index < -0.39 is 5.82 Å². The van der Waals surface area contributed by atoms with Gasteiger partial charge >= 0.3 is 0 Å². The number of carbonyl (C=O) groups excluding carboxylic acids is 1. The van der Waals surface area contributed by atoms with Crippen LogP contribution in [0.15, 0.2) is 59.1 Å². The van der Waals surface area contributed by atoms with Gasteiger partial charge in [0.05, 0.1) is 23.4 Å². The van der Waals surface area contributed by atoms with E-state index in [1.165, 1.54) is 12.3 Å². The smallest absolute Gasteiger partial charge is 0.254 e. The van der Waals surface area contributed by atoms with Crippen molar-refractivity contribution in [3.63, 3.8) is 0 Å². The van der Waals surface area contributed by atoms with E-state index in [1.807, 2.05) is 19.9 Å². The predicted octanol–water partition coefficient (Wildman–Crippen LogP) is 4.45. The van der Waals surface area contributed by atoms with Crippen molar-refractivity contribution in [1.29, 1.82) is 5.26 Å². The summed E-state index contributed by atoms with van der Waals surface area (Å²) < 4.78 is 20.0. The van der Waals surface area contributed by atoms with Crippen molar-refractivity contribution < 1.29 is 13.6 Å². The minimum Gasteiger partial charge on any atom is -0.436 e. The van der Waals surface area contributed by atoms with E-state index in [1.54, 1.807) is 41.3 Å². The topological polar surface area (TPSA) is 73.4 Å². The zero-order chi connectivity index (χ0) is 22.7. The zero-order valence-electron chi connectivity index (χ0n) is 18.2. The number of hydrogen-bond acceptors (Lipinski definition) is 5. The summed E-state index contributed by atoms with van der Waals surface area (Å²) in [6, 6.07) is 15.7. The van der Waals surface area contributed by atoms with Crippen LogP contribution >= 0.6 is 0 Å². The van der Waals surface area contributed by atoms with Crippen molar-refractivity contribution >= 4 is 5.91 Å². The molecule has 0 N–H and O–H groups in total. The maximum absolute atomic E-state index is 14.1. The third kappa shape index (κ3) is 4.27. The Balaban J connectivity index is 1.54. The molecule has 1 amide bonds. The molecule has 4 rings (SSSR count). The summed E-state index contributed by atoms with van der Waals surface area (Å²) in [5, 5.41) is 9.45. The Labute approximate surface area is 186 Å². The average Bonchev–Trinajstić information content (AvgIpc) is 3.29. The largest absolute Gasteiger partial charge is 0.436 e. The fourth-order valence-corrected chi connectivity index (χ4v) is 4.07. The normalized spacial score (nSPS) is 15.5. The van der Waals surface area contributed by atoms with Crippen LogP contribution in [-0.2, 0) is 0 Å². The lowest BCUT2D eigenvalue weighted by molar-refractivity contribution is 0.0577. The highest BCUT2D eigenvalue weighted by Gasteiger charge is 2.29. The number of carbonyl (C=O) groups is 1. The van der Waals surface area contributed by atoms with Crippen LogP contribution in [-0.4, -0.2) is 52.9 Å². The Morgan fingerprint density at radius 2 is 1.72 bits per heavy atom. The molecule has 6 nitrogen and oxygen atoms in total. The highest BCUT2D eigenvalue weighted by molar-refractivity contribution is 6.00. The summed E-state index contributed by atoms with van der Waals surface area (Å²) >= 11 is 0. The average molecular weight is 432 g/mol. The standard InChI is InChI=1S/C25H25FN4O2/c1-17(2)22(15-27)29-11-13-30(14-12-29)25(31)19-8-4-3-7-18(19)24-28-16-23(32-24)20-9-5-6-10-21(20)26/h3-10,16-17,22H,11-14H2,1-2H3. The first-order chi connectivity index (χ1) is 15.5. The quantitative estimate of drug-likeness (QED) is 0.595. The Bertz CT molecular complexity index is 1140. The molecule has 1 saturated heterocycles. The van der Waals surface area contributed by atoms with Crippen LogP contribution in [0.1, 0.15) is 24.2 Å². The van der Waals surface area contributed by atoms with Gasteiger partial charge < -0.3 is 9.32 Å². The van der Waals surface area contributed by atoms with Crippen molar-refractivity contribution in [2.45, 2.75) is 19.9 Å². The van der Waals surface area contributed by atoms with Crippen LogP contribution in [0.25, 0.3) is 22.8 Å². The van der Waals surface area contributed by atoms with Gasteiger partial charge in [-0.15, -0.1) is 0 Å². The summed E-state index contributed by atoms with van der Waals surface area (Å²) in [6.07, 6.45) is 1.47. The molecule has 0 bridgehead atoms. The van der Waals surface area contributed by atoms with Crippen molar-refractivity contribution in [3.05, 3.63) is 66.1 Å². The number of rotatable bonds is 5. The molecule has 1 unspecified atom stereocenters. The fraction of sp³-hybridized carbons (Fsp3) is 0.320. The molecule has 1 atom stereocenters. The van der Waals surface area contributed by atoms with E-state index in [0.29, 0.717) is 48.6 Å². The first kappa shape index (κ1) is 21.7. The van der Waals surface area contributed by atoms with Crippen molar-refractivity contribution in [2.75, 3.05) is 26.2 Å². The molecule has 1 aliphatic rings. The number of hydrogen-bond donors (Lipinski definition) is 0. The number of halogens is 1. The highest BCUT2D eigenvalue weighted by atomic mass is 19.1. The van der Waals surface area contributed by atoms with E-state index in [-0.39, 0.29) is 23.8 Å². The van der Waals surface area contributed by atoms with Gasteiger partial charge in [0.25, 0.3) is 5.91 Å². The molecule has 0 saturated carbocycles. The molecule has 2 aromatic carbocycles. The zero-order valence-corrected chi connectivity index (χ0v) is 18.2. The Kier molecular flexibility index (Phi) is 6.33. The summed E-state index contributed by atoms with van der Waals surface area (Å²) in [7, 11) is 0. The molecule has 7 heteroatoms. The van der Waals surface area contributed by atoms with E-state index in [0.717, 1.165) is 0 Å². The molecule has 0 spiro atoms. The minimum atomic E-state index is -0.394. The lowest BCUT2D eigenvalue weighted by Crippen LogP contribution is -2.52. The molecule has 1 fully saturated rings. The molecule has 1 aliphatic heterocycles. The number of piperazine rings is 1. The van der Waals surface area contributed by atoms with E-state index >= 15 is 0 Å². The first-order valence-electron chi connectivity index (χ1n) is 10.7. The van der Waals surface area contributed by atoms with Crippen LogP contribution in [0.3, 0.4) is 0 Å². The van der Waals surface area contributed by atoms with Gasteiger partial charge in [-0.3, -0.25) is 9.69 Å². The van der Waals surface area contributed by atoms with E-state index in [9.17, 15) is 14.4 Å². The number of benzene rings is 2. The summed E-state index contributed by atoms with van der Waals surface area (Å²) in [6.45, 7) is 6.47. The number of aromatic nitrogens is 1. The van der Waals surface area contributed by atoms with Crippen molar-refractivity contribution in [2.24, 2.45) is 5.92 Å². The molecular weight excluding hydrogens is 407 g/mol. The lowest BCUT2D eigenvalue weighted by Gasteiger charge is -2.38. The molecule has 3 aromatic rings. The van der Waals surface area contributed by atoms with Crippen molar-refractivity contribution in [3.8, 4) is 28.8 Å². The highest BCUT2D eigenvalue weighted by Crippen LogP contribution is 2.30. The van der Waals surface area contributed by atoms with Crippen LogP contribution in [0, 0.1) is 23.1 Å². The van der Waals surface area contributed by atoms with Gasteiger partial charge in [-0.1, -0.05) is 38.1 Å². The summed E-state index contributed by atoms with van der Waals surface area (Å²) in [5.41, 5.74) is 1.38. The third-order valence-corrected chi connectivity index (χ3v) is 5.79. The SMILES string of the molecule is CC(C)C(C#N)N1CCN(C(=O)c2ccccc2-c2ncc(-c3ccccc3F)o2)CC1. The van der Waals surface area contributed by atoms with Crippen molar-refractivity contribution in [1.82, 2.24) is 14.8 Å². The summed E-state index contributed by atoms with van der Waals surface area (Å²) in [4.78, 5) is 21.6. The molecule has 32 heavy (non-hydrogen) atoms.